The van der Waals surface area contributed by atoms with Crippen LogP contribution in [0.1, 0.15) is 73.1 Å². The van der Waals surface area contributed by atoms with Crippen LogP contribution in [0.15, 0.2) is 0 Å². The number of hydrogen-bond donors (Lipinski definition) is 0. The molecule has 1 spiro atoms. The highest BCUT2D eigenvalue weighted by Gasteiger charge is 2.72. The number of carbonyl (C=O) groups excluding carboxylic acids is 1. The fourth-order valence-electron chi connectivity index (χ4n) is 5.75. The molecule has 3 aliphatic rings. The van der Waals surface area contributed by atoms with Gasteiger partial charge in [0.05, 0.1) is 11.8 Å². The maximum absolute atomic E-state index is 13.0. The molecule has 4 atom stereocenters. The largest absolute Gasteiger partial charge is 0.273 e. The zero-order chi connectivity index (χ0) is 17.9. The van der Waals surface area contributed by atoms with Crippen molar-refractivity contribution >= 4 is 15.9 Å². The van der Waals surface area contributed by atoms with E-state index in [4.69, 9.17) is 0 Å². The molecular weight excluding hydrogens is 322 g/mol. The predicted molar refractivity (Wildman–Crippen MR) is 95.8 cm³/mol. The SMILES string of the molecule is CC(C)CCC[C@H](C)C(=O)N1C2CC3CCC2(CS1(=O)=O)C3(C)C. The van der Waals surface area contributed by atoms with Gasteiger partial charge in [0, 0.05) is 11.3 Å². The maximum Gasteiger partial charge on any atom is 0.239 e. The molecule has 0 aromatic heterocycles. The Hall–Kier alpha value is -0.580. The van der Waals surface area contributed by atoms with E-state index < -0.39 is 10.0 Å². The van der Waals surface area contributed by atoms with E-state index in [9.17, 15) is 13.2 Å². The Labute approximate surface area is 147 Å². The molecule has 5 heteroatoms. The van der Waals surface area contributed by atoms with Crippen molar-refractivity contribution < 1.29 is 13.2 Å². The third kappa shape index (κ3) is 2.45. The summed E-state index contributed by atoms with van der Waals surface area (Å²) in [5, 5.41) is 0. The number of rotatable bonds is 5. The summed E-state index contributed by atoms with van der Waals surface area (Å²) in [5.74, 6) is 1.01. The summed E-state index contributed by atoms with van der Waals surface area (Å²) in [6, 6.07) is -0.0868. The Morgan fingerprint density at radius 1 is 1.21 bits per heavy atom. The molecule has 3 rings (SSSR count). The van der Waals surface area contributed by atoms with Crippen LogP contribution in [-0.2, 0) is 14.8 Å². The molecule has 0 N–H and O–H groups in total. The molecule has 3 fully saturated rings. The quantitative estimate of drug-likeness (QED) is 0.753. The minimum atomic E-state index is -3.46. The van der Waals surface area contributed by atoms with Gasteiger partial charge in [-0.05, 0) is 42.9 Å². The van der Waals surface area contributed by atoms with Crippen molar-refractivity contribution in [1.29, 1.82) is 0 Å². The minimum Gasteiger partial charge on any atom is -0.273 e. The van der Waals surface area contributed by atoms with Crippen molar-refractivity contribution in [2.75, 3.05) is 5.75 Å². The molecule has 2 saturated carbocycles. The third-order valence-corrected chi connectivity index (χ3v) is 9.38. The molecule has 2 bridgehead atoms. The summed E-state index contributed by atoms with van der Waals surface area (Å²) < 4.78 is 27.1. The van der Waals surface area contributed by atoms with Crippen LogP contribution in [0.4, 0.5) is 0 Å². The van der Waals surface area contributed by atoms with Crippen LogP contribution >= 0.6 is 0 Å². The fraction of sp³-hybridized carbons (Fsp3) is 0.947. The molecule has 1 heterocycles. The molecule has 1 aliphatic heterocycles. The first-order valence-corrected chi connectivity index (χ1v) is 11.2. The van der Waals surface area contributed by atoms with Crippen molar-refractivity contribution in [3.05, 3.63) is 0 Å². The van der Waals surface area contributed by atoms with Gasteiger partial charge in [0.2, 0.25) is 15.9 Å². The first kappa shape index (κ1) is 18.2. The lowest BCUT2D eigenvalue weighted by atomic mass is 9.69. The van der Waals surface area contributed by atoms with E-state index >= 15 is 0 Å². The second-order valence-electron chi connectivity index (χ2n) is 9.48. The topological polar surface area (TPSA) is 54.5 Å². The van der Waals surface area contributed by atoms with Crippen molar-refractivity contribution in [3.8, 4) is 0 Å². The standard InChI is InChI=1S/C19H33NO3S/c1-13(2)7-6-8-14(3)17(21)20-16-11-15-9-10-19(16,18(15,4)5)12-24(20,22)23/h13-16H,6-12H2,1-5H3/t14-,15?,16?,19?/m0/s1. The lowest BCUT2D eigenvalue weighted by Crippen LogP contribution is -2.45. The molecule has 0 aromatic rings. The van der Waals surface area contributed by atoms with E-state index in [1.165, 1.54) is 4.31 Å². The van der Waals surface area contributed by atoms with Crippen LogP contribution in [0.5, 0.6) is 0 Å². The zero-order valence-corrected chi connectivity index (χ0v) is 16.7. The van der Waals surface area contributed by atoms with Crippen LogP contribution in [0.2, 0.25) is 0 Å². The third-order valence-electron chi connectivity index (χ3n) is 7.47. The molecule has 0 aromatic carbocycles. The van der Waals surface area contributed by atoms with Gasteiger partial charge in [-0.3, -0.25) is 4.79 Å². The smallest absolute Gasteiger partial charge is 0.239 e. The highest BCUT2D eigenvalue weighted by molar-refractivity contribution is 7.90. The van der Waals surface area contributed by atoms with E-state index in [2.05, 4.69) is 27.7 Å². The van der Waals surface area contributed by atoms with Crippen LogP contribution in [0.25, 0.3) is 0 Å². The lowest BCUT2D eigenvalue weighted by Gasteiger charge is -2.37. The number of hydrogen-bond acceptors (Lipinski definition) is 3. The molecule has 2 aliphatic carbocycles. The number of amides is 1. The number of carbonyl (C=O) groups is 1. The Bertz CT molecular complexity index is 625. The second kappa shape index (κ2) is 5.72. The van der Waals surface area contributed by atoms with Crippen LogP contribution in [0, 0.1) is 28.6 Å². The van der Waals surface area contributed by atoms with Gasteiger partial charge in [0.1, 0.15) is 0 Å². The molecule has 1 amide bonds. The monoisotopic (exact) mass is 355 g/mol. The van der Waals surface area contributed by atoms with Gasteiger partial charge >= 0.3 is 0 Å². The molecule has 24 heavy (non-hydrogen) atoms. The molecule has 4 nitrogen and oxygen atoms in total. The molecule has 0 radical (unpaired) electrons. The average molecular weight is 356 g/mol. The van der Waals surface area contributed by atoms with Crippen LogP contribution in [-0.4, -0.2) is 30.4 Å². The number of nitrogens with zero attached hydrogens (tertiary/aromatic N) is 1. The highest BCUT2D eigenvalue weighted by Crippen LogP contribution is 2.70. The van der Waals surface area contributed by atoms with Gasteiger partial charge < -0.3 is 0 Å². The van der Waals surface area contributed by atoms with Gasteiger partial charge in [0.15, 0.2) is 0 Å². The zero-order valence-electron chi connectivity index (χ0n) is 15.8. The van der Waals surface area contributed by atoms with Crippen molar-refractivity contribution in [1.82, 2.24) is 4.31 Å². The van der Waals surface area contributed by atoms with Crippen molar-refractivity contribution in [2.45, 2.75) is 79.2 Å². The second-order valence-corrected chi connectivity index (χ2v) is 11.3. The van der Waals surface area contributed by atoms with Gasteiger partial charge in [-0.15, -0.1) is 0 Å². The number of fused-ring (bicyclic) bond motifs is 1. The van der Waals surface area contributed by atoms with Gasteiger partial charge in [-0.1, -0.05) is 47.5 Å². The van der Waals surface area contributed by atoms with E-state index in [1.807, 2.05) is 6.92 Å². The maximum atomic E-state index is 13.0. The lowest BCUT2D eigenvalue weighted by molar-refractivity contribution is -0.133. The van der Waals surface area contributed by atoms with Gasteiger partial charge in [0.25, 0.3) is 0 Å². The van der Waals surface area contributed by atoms with Crippen LogP contribution < -0.4 is 0 Å². The molecule has 138 valence electrons. The number of sulfonamides is 1. The summed E-state index contributed by atoms with van der Waals surface area (Å²) in [6.45, 7) is 10.7. The van der Waals surface area contributed by atoms with E-state index in [0.29, 0.717) is 11.8 Å². The van der Waals surface area contributed by atoms with Crippen LogP contribution in [0.3, 0.4) is 0 Å². The van der Waals surface area contributed by atoms with Crippen molar-refractivity contribution in [3.63, 3.8) is 0 Å². The molecule has 3 unspecified atom stereocenters. The van der Waals surface area contributed by atoms with Crippen molar-refractivity contribution in [2.24, 2.45) is 28.6 Å². The van der Waals surface area contributed by atoms with E-state index in [1.54, 1.807) is 0 Å². The predicted octanol–water partition coefficient (Wildman–Crippen LogP) is 3.82. The molecule has 1 saturated heterocycles. The summed E-state index contributed by atoms with van der Waals surface area (Å²) >= 11 is 0. The van der Waals surface area contributed by atoms with E-state index in [-0.39, 0.29) is 34.4 Å². The van der Waals surface area contributed by atoms with E-state index in [0.717, 1.165) is 38.5 Å². The Morgan fingerprint density at radius 3 is 2.46 bits per heavy atom. The first-order chi connectivity index (χ1) is 11.0. The molecular formula is C19H33NO3S. The van der Waals surface area contributed by atoms with Gasteiger partial charge in [-0.2, -0.15) is 0 Å². The minimum absolute atomic E-state index is 0.0284. The summed E-state index contributed by atoms with van der Waals surface area (Å²) in [5.41, 5.74) is -0.176. The normalized spacial score (nSPS) is 37.0. The fourth-order valence-corrected chi connectivity index (χ4v) is 8.38. The van der Waals surface area contributed by atoms with Gasteiger partial charge in [-0.25, -0.2) is 12.7 Å². The Kier molecular flexibility index (Phi) is 4.34. The highest BCUT2D eigenvalue weighted by atomic mass is 32.2. The summed E-state index contributed by atoms with van der Waals surface area (Å²) in [4.78, 5) is 13.0. The first-order valence-electron chi connectivity index (χ1n) is 9.59. The Morgan fingerprint density at radius 2 is 1.88 bits per heavy atom. The summed E-state index contributed by atoms with van der Waals surface area (Å²) in [6.07, 6.45) is 5.81. The summed E-state index contributed by atoms with van der Waals surface area (Å²) in [7, 11) is -3.46. The average Bonchev–Trinajstić information content (AvgIpc) is 2.93. The Balaban J connectivity index is 1.80.